The van der Waals surface area contributed by atoms with Crippen LogP contribution in [-0.4, -0.2) is 13.7 Å². The molecule has 0 amide bonds. The van der Waals surface area contributed by atoms with E-state index in [1.54, 1.807) is 7.11 Å². The van der Waals surface area contributed by atoms with Crippen molar-refractivity contribution >= 4 is 0 Å². The number of hydrogen-bond acceptors (Lipinski definition) is 2. The highest BCUT2D eigenvalue weighted by atomic mass is 16.5. The maximum absolute atomic E-state index is 5.46. The molecular formula is C17H20O2. The van der Waals surface area contributed by atoms with Gasteiger partial charge in [0.1, 0.15) is 11.5 Å². The molecule has 1 atom stereocenters. The van der Waals surface area contributed by atoms with Gasteiger partial charge in [-0.3, -0.25) is 0 Å². The molecule has 2 heteroatoms. The van der Waals surface area contributed by atoms with Gasteiger partial charge >= 0.3 is 0 Å². The smallest absolute Gasteiger partial charge is 0.119 e. The van der Waals surface area contributed by atoms with Gasteiger partial charge in [0, 0.05) is 5.92 Å². The summed E-state index contributed by atoms with van der Waals surface area (Å²) < 4.78 is 10.6. The Balaban J connectivity index is 2.15. The minimum Gasteiger partial charge on any atom is -0.497 e. The van der Waals surface area contributed by atoms with Crippen molar-refractivity contribution in [1.29, 1.82) is 0 Å². The van der Waals surface area contributed by atoms with Crippen molar-refractivity contribution in [2.45, 2.75) is 19.8 Å². The summed E-state index contributed by atoms with van der Waals surface area (Å²) in [5, 5.41) is 0. The Bertz CT molecular complexity index is 500. The van der Waals surface area contributed by atoms with Gasteiger partial charge in [0.05, 0.1) is 13.7 Å². The predicted octanol–water partition coefficient (Wildman–Crippen LogP) is 4.25. The summed E-state index contributed by atoms with van der Waals surface area (Å²) in [6.07, 6.45) is 0. The second-order valence-corrected chi connectivity index (χ2v) is 4.50. The van der Waals surface area contributed by atoms with Crippen molar-refractivity contribution in [3.05, 3.63) is 59.7 Å². The second-order valence-electron chi connectivity index (χ2n) is 4.50. The van der Waals surface area contributed by atoms with E-state index in [4.69, 9.17) is 9.47 Å². The van der Waals surface area contributed by atoms with Gasteiger partial charge in [-0.1, -0.05) is 31.2 Å². The molecule has 0 aliphatic rings. The van der Waals surface area contributed by atoms with E-state index < -0.39 is 0 Å². The maximum atomic E-state index is 5.46. The van der Waals surface area contributed by atoms with Gasteiger partial charge in [0.15, 0.2) is 0 Å². The lowest BCUT2D eigenvalue weighted by atomic mass is 9.93. The molecule has 0 saturated heterocycles. The highest BCUT2D eigenvalue weighted by Crippen LogP contribution is 2.27. The van der Waals surface area contributed by atoms with Gasteiger partial charge in [-0.25, -0.2) is 0 Å². The van der Waals surface area contributed by atoms with Crippen molar-refractivity contribution in [3.63, 3.8) is 0 Å². The third-order valence-electron chi connectivity index (χ3n) is 3.31. The molecule has 2 aromatic rings. The van der Waals surface area contributed by atoms with Crippen LogP contribution < -0.4 is 9.47 Å². The average molecular weight is 256 g/mol. The van der Waals surface area contributed by atoms with Crippen LogP contribution in [0, 0.1) is 0 Å². The fraction of sp³-hybridized carbons (Fsp3) is 0.294. The zero-order valence-corrected chi connectivity index (χ0v) is 11.7. The van der Waals surface area contributed by atoms with Gasteiger partial charge < -0.3 is 9.47 Å². The topological polar surface area (TPSA) is 18.5 Å². The normalized spacial score (nSPS) is 11.9. The van der Waals surface area contributed by atoms with Crippen LogP contribution in [0.1, 0.15) is 30.9 Å². The molecular weight excluding hydrogens is 236 g/mol. The van der Waals surface area contributed by atoms with Crippen molar-refractivity contribution in [3.8, 4) is 11.5 Å². The van der Waals surface area contributed by atoms with Crippen molar-refractivity contribution in [2.24, 2.45) is 0 Å². The van der Waals surface area contributed by atoms with Crippen molar-refractivity contribution in [2.75, 3.05) is 13.7 Å². The first kappa shape index (κ1) is 13.5. The first-order valence-electron chi connectivity index (χ1n) is 6.61. The van der Waals surface area contributed by atoms with Crippen LogP contribution in [0.4, 0.5) is 0 Å². The highest BCUT2D eigenvalue weighted by molar-refractivity contribution is 5.37. The molecule has 0 radical (unpaired) electrons. The van der Waals surface area contributed by atoms with E-state index in [0.717, 1.165) is 11.5 Å². The molecule has 0 spiro atoms. The summed E-state index contributed by atoms with van der Waals surface area (Å²) in [5.74, 6) is 2.18. The maximum Gasteiger partial charge on any atom is 0.119 e. The first-order chi connectivity index (χ1) is 9.24. The zero-order chi connectivity index (χ0) is 13.7. The van der Waals surface area contributed by atoms with Crippen molar-refractivity contribution in [1.82, 2.24) is 0 Å². The number of methoxy groups -OCH3 is 1. The zero-order valence-electron chi connectivity index (χ0n) is 11.7. The van der Waals surface area contributed by atoms with Gasteiger partial charge in [-0.2, -0.15) is 0 Å². The van der Waals surface area contributed by atoms with E-state index in [-0.39, 0.29) is 0 Å². The molecule has 1 unspecified atom stereocenters. The van der Waals surface area contributed by atoms with E-state index >= 15 is 0 Å². The molecule has 0 aromatic heterocycles. The fourth-order valence-corrected chi connectivity index (χ4v) is 2.10. The molecule has 0 fully saturated rings. The van der Waals surface area contributed by atoms with Crippen LogP contribution in [-0.2, 0) is 0 Å². The Morgan fingerprint density at radius 3 is 1.74 bits per heavy atom. The lowest BCUT2D eigenvalue weighted by Gasteiger charge is -2.13. The standard InChI is InChI=1S/C17H20O2/c1-4-19-17-11-7-15(8-12-17)13(2)14-5-9-16(18-3)10-6-14/h5-13H,4H2,1-3H3. The quantitative estimate of drug-likeness (QED) is 0.796. The van der Waals surface area contributed by atoms with Gasteiger partial charge in [0.2, 0.25) is 0 Å². The molecule has 100 valence electrons. The monoisotopic (exact) mass is 256 g/mol. The molecule has 0 heterocycles. The van der Waals surface area contributed by atoms with Crippen LogP contribution in [0.3, 0.4) is 0 Å². The molecule has 0 N–H and O–H groups in total. The fourth-order valence-electron chi connectivity index (χ4n) is 2.10. The summed E-state index contributed by atoms with van der Waals surface area (Å²) in [6, 6.07) is 16.5. The molecule has 2 rings (SSSR count). The summed E-state index contributed by atoms with van der Waals surface area (Å²) in [4.78, 5) is 0. The molecule has 2 nitrogen and oxygen atoms in total. The van der Waals surface area contributed by atoms with E-state index in [1.807, 2.05) is 31.2 Å². The van der Waals surface area contributed by atoms with Crippen LogP contribution in [0.2, 0.25) is 0 Å². The minimum atomic E-state index is 0.363. The van der Waals surface area contributed by atoms with E-state index in [1.165, 1.54) is 11.1 Å². The Kier molecular flexibility index (Phi) is 4.45. The number of ether oxygens (including phenoxy) is 2. The minimum absolute atomic E-state index is 0.363. The number of rotatable bonds is 5. The molecule has 0 bridgehead atoms. The summed E-state index contributed by atoms with van der Waals surface area (Å²) in [6.45, 7) is 4.90. The van der Waals surface area contributed by atoms with Gasteiger partial charge in [-0.15, -0.1) is 0 Å². The van der Waals surface area contributed by atoms with Crippen LogP contribution in [0.5, 0.6) is 11.5 Å². The van der Waals surface area contributed by atoms with E-state index in [9.17, 15) is 0 Å². The number of hydrogen-bond donors (Lipinski definition) is 0. The Hall–Kier alpha value is -1.96. The largest absolute Gasteiger partial charge is 0.497 e. The van der Waals surface area contributed by atoms with E-state index in [0.29, 0.717) is 12.5 Å². The molecule has 19 heavy (non-hydrogen) atoms. The highest BCUT2D eigenvalue weighted by Gasteiger charge is 2.08. The van der Waals surface area contributed by atoms with E-state index in [2.05, 4.69) is 31.2 Å². The Labute approximate surface area is 115 Å². The SMILES string of the molecule is CCOc1ccc(C(C)c2ccc(OC)cc2)cc1. The average Bonchev–Trinajstić information content (AvgIpc) is 2.48. The predicted molar refractivity (Wildman–Crippen MR) is 78.1 cm³/mol. The van der Waals surface area contributed by atoms with Gasteiger partial charge in [-0.05, 0) is 42.3 Å². The summed E-state index contributed by atoms with van der Waals surface area (Å²) in [7, 11) is 1.69. The van der Waals surface area contributed by atoms with Crippen LogP contribution in [0.25, 0.3) is 0 Å². The lowest BCUT2D eigenvalue weighted by molar-refractivity contribution is 0.340. The van der Waals surface area contributed by atoms with Crippen LogP contribution in [0.15, 0.2) is 48.5 Å². The molecule has 0 saturated carbocycles. The van der Waals surface area contributed by atoms with Crippen molar-refractivity contribution < 1.29 is 9.47 Å². The Morgan fingerprint density at radius 2 is 1.32 bits per heavy atom. The molecule has 0 aliphatic carbocycles. The first-order valence-corrected chi connectivity index (χ1v) is 6.61. The third kappa shape index (κ3) is 3.28. The number of benzene rings is 2. The van der Waals surface area contributed by atoms with Gasteiger partial charge in [0.25, 0.3) is 0 Å². The lowest BCUT2D eigenvalue weighted by Crippen LogP contribution is -1.97. The van der Waals surface area contributed by atoms with Crippen LogP contribution >= 0.6 is 0 Å². The summed E-state index contributed by atoms with van der Waals surface area (Å²) in [5.41, 5.74) is 2.57. The second kappa shape index (κ2) is 6.28. The molecule has 0 aliphatic heterocycles. The Morgan fingerprint density at radius 1 is 0.842 bits per heavy atom. The third-order valence-corrected chi connectivity index (χ3v) is 3.31. The molecule has 2 aromatic carbocycles. The summed E-state index contributed by atoms with van der Waals surface area (Å²) >= 11 is 0.